The van der Waals surface area contributed by atoms with Crippen molar-refractivity contribution in [3.05, 3.63) is 28.2 Å². The Balaban J connectivity index is 2.29. The maximum atomic E-state index is 12.7. The lowest BCUT2D eigenvalue weighted by molar-refractivity contribution is 0.0737. The van der Waals surface area contributed by atoms with E-state index in [0.29, 0.717) is 17.2 Å². The molecule has 1 amide bonds. The van der Waals surface area contributed by atoms with E-state index in [4.69, 9.17) is 4.74 Å². The van der Waals surface area contributed by atoms with Crippen LogP contribution in [0.15, 0.2) is 22.7 Å². The minimum atomic E-state index is 0.0691. The van der Waals surface area contributed by atoms with Gasteiger partial charge in [0.2, 0.25) is 0 Å². The van der Waals surface area contributed by atoms with E-state index in [0.717, 1.165) is 22.8 Å². The van der Waals surface area contributed by atoms with Crippen LogP contribution in [0.25, 0.3) is 0 Å². The Labute approximate surface area is 130 Å². The number of hydrogen-bond acceptors (Lipinski definition) is 2. The molecule has 1 aliphatic heterocycles. The molecule has 2 atom stereocenters. The summed E-state index contributed by atoms with van der Waals surface area (Å²) < 4.78 is 6.01. The number of likely N-dealkylation sites (tertiary alicyclic amines) is 1. The number of carbonyl (C=O) groups excluding carboxylic acids is 1. The van der Waals surface area contributed by atoms with Crippen LogP contribution >= 0.6 is 31.9 Å². The summed E-state index contributed by atoms with van der Waals surface area (Å²) in [5, 5.41) is 0.821. The Kier molecular flexibility index (Phi) is 4.90. The lowest BCUT2D eigenvalue weighted by Gasteiger charge is -2.26. The second-order valence-corrected chi connectivity index (χ2v) is 6.33. The summed E-state index contributed by atoms with van der Waals surface area (Å²) in [6.45, 7) is 3.01. The number of benzene rings is 1. The number of ether oxygens (including phenoxy) is 1. The zero-order valence-electron chi connectivity index (χ0n) is 11.0. The van der Waals surface area contributed by atoms with Gasteiger partial charge in [0.05, 0.1) is 12.7 Å². The molecule has 1 aromatic carbocycles. The van der Waals surface area contributed by atoms with Crippen LogP contribution in [0, 0.1) is 5.92 Å². The zero-order chi connectivity index (χ0) is 14.0. The van der Waals surface area contributed by atoms with Gasteiger partial charge in [-0.1, -0.05) is 22.9 Å². The normalized spacial score (nSPS) is 22.6. The number of amides is 1. The highest BCUT2D eigenvalue weighted by Crippen LogP contribution is 2.30. The maximum absolute atomic E-state index is 12.7. The van der Waals surface area contributed by atoms with E-state index in [9.17, 15) is 4.79 Å². The largest absolute Gasteiger partial charge is 0.497 e. The van der Waals surface area contributed by atoms with E-state index >= 15 is 0 Å². The van der Waals surface area contributed by atoms with Crippen LogP contribution in [0.1, 0.15) is 23.7 Å². The molecule has 1 aliphatic rings. The molecule has 0 aromatic heterocycles. The standard InChI is InChI=1S/C14H17Br2NO2/c1-9-5-6-17(13(9)8-15)14(18)11-7-10(19-2)3-4-12(11)16/h3-4,7,9,13H,5-6,8H2,1-2H3. The molecular weight excluding hydrogens is 374 g/mol. The molecule has 104 valence electrons. The molecule has 5 heteroatoms. The lowest BCUT2D eigenvalue weighted by Crippen LogP contribution is -2.38. The molecule has 0 radical (unpaired) electrons. The molecule has 1 saturated heterocycles. The first-order valence-corrected chi connectivity index (χ1v) is 8.20. The van der Waals surface area contributed by atoms with Crippen LogP contribution in [-0.4, -0.2) is 35.8 Å². The number of halogens is 2. The van der Waals surface area contributed by atoms with Crippen molar-refractivity contribution in [3.8, 4) is 5.75 Å². The van der Waals surface area contributed by atoms with Gasteiger partial charge in [-0.05, 0) is 46.5 Å². The van der Waals surface area contributed by atoms with Gasteiger partial charge >= 0.3 is 0 Å². The first-order valence-electron chi connectivity index (χ1n) is 6.29. The second kappa shape index (κ2) is 6.27. The average Bonchev–Trinajstić information content (AvgIpc) is 2.79. The Morgan fingerprint density at radius 3 is 2.89 bits per heavy atom. The summed E-state index contributed by atoms with van der Waals surface area (Å²) in [6, 6.07) is 5.76. The first-order chi connectivity index (χ1) is 9.08. The Morgan fingerprint density at radius 2 is 2.26 bits per heavy atom. The third-order valence-electron chi connectivity index (χ3n) is 3.71. The average molecular weight is 391 g/mol. The fourth-order valence-corrected chi connectivity index (χ4v) is 3.85. The van der Waals surface area contributed by atoms with E-state index in [2.05, 4.69) is 38.8 Å². The van der Waals surface area contributed by atoms with Gasteiger partial charge in [0.25, 0.3) is 5.91 Å². The van der Waals surface area contributed by atoms with E-state index in [-0.39, 0.29) is 11.9 Å². The van der Waals surface area contributed by atoms with Gasteiger partial charge in [-0.2, -0.15) is 0 Å². The molecule has 0 N–H and O–H groups in total. The second-order valence-electron chi connectivity index (χ2n) is 4.83. The highest BCUT2D eigenvalue weighted by Gasteiger charge is 2.34. The molecule has 0 spiro atoms. The van der Waals surface area contributed by atoms with Crippen molar-refractivity contribution in [1.82, 2.24) is 4.90 Å². The summed E-state index contributed by atoms with van der Waals surface area (Å²) in [5.74, 6) is 1.31. The molecule has 2 unspecified atom stereocenters. The molecule has 2 rings (SSSR count). The molecule has 19 heavy (non-hydrogen) atoms. The molecule has 1 heterocycles. The molecule has 3 nitrogen and oxygen atoms in total. The quantitative estimate of drug-likeness (QED) is 0.736. The van der Waals surface area contributed by atoms with Gasteiger partial charge in [0.1, 0.15) is 5.75 Å². The fraction of sp³-hybridized carbons (Fsp3) is 0.500. The van der Waals surface area contributed by atoms with E-state index in [1.54, 1.807) is 13.2 Å². The van der Waals surface area contributed by atoms with Gasteiger partial charge in [-0.3, -0.25) is 4.79 Å². The Morgan fingerprint density at radius 1 is 1.53 bits per heavy atom. The highest BCUT2D eigenvalue weighted by molar-refractivity contribution is 9.10. The predicted molar refractivity (Wildman–Crippen MR) is 83.1 cm³/mol. The van der Waals surface area contributed by atoms with Crippen LogP contribution in [-0.2, 0) is 0 Å². The fourth-order valence-electron chi connectivity index (χ4n) is 2.45. The van der Waals surface area contributed by atoms with Crippen LogP contribution in [0.3, 0.4) is 0 Å². The van der Waals surface area contributed by atoms with Gasteiger partial charge in [-0.15, -0.1) is 0 Å². The van der Waals surface area contributed by atoms with Crippen molar-refractivity contribution in [2.24, 2.45) is 5.92 Å². The summed E-state index contributed by atoms with van der Waals surface area (Å²) in [7, 11) is 1.61. The molecule has 1 aromatic rings. The van der Waals surface area contributed by atoms with Crippen molar-refractivity contribution in [3.63, 3.8) is 0 Å². The van der Waals surface area contributed by atoms with E-state index in [1.807, 2.05) is 17.0 Å². The summed E-state index contributed by atoms with van der Waals surface area (Å²) in [5.41, 5.74) is 0.666. The maximum Gasteiger partial charge on any atom is 0.255 e. The smallest absolute Gasteiger partial charge is 0.255 e. The first kappa shape index (κ1) is 14.9. The van der Waals surface area contributed by atoms with Gasteiger partial charge in [-0.25, -0.2) is 0 Å². The third kappa shape index (κ3) is 2.97. The minimum absolute atomic E-state index is 0.0691. The van der Waals surface area contributed by atoms with Crippen LogP contribution in [0.4, 0.5) is 0 Å². The number of methoxy groups -OCH3 is 1. The van der Waals surface area contributed by atoms with Crippen molar-refractivity contribution in [2.75, 3.05) is 19.0 Å². The van der Waals surface area contributed by atoms with Crippen molar-refractivity contribution < 1.29 is 9.53 Å². The van der Waals surface area contributed by atoms with Gasteiger partial charge in [0.15, 0.2) is 0 Å². The summed E-state index contributed by atoms with van der Waals surface area (Å²) >= 11 is 6.96. The van der Waals surface area contributed by atoms with Gasteiger partial charge < -0.3 is 9.64 Å². The number of hydrogen-bond donors (Lipinski definition) is 0. The summed E-state index contributed by atoms with van der Waals surface area (Å²) in [4.78, 5) is 14.6. The topological polar surface area (TPSA) is 29.5 Å². The highest BCUT2D eigenvalue weighted by atomic mass is 79.9. The monoisotopic (exact) mass is 389 g/mol. The van der Waals surface area contributed by atoms with Gasteiger partial charge in [0, 0.05) is 22.4 Å². The molecule has 0 aliphatic carbocycles. The SMILES string of the molecule is COc1ccc(Br)c(C(=O)N2CCC(C)C2CBr)c1. The van der Waals surface area contributed by atoms with Crippen molar-refractivity contribution >= 4 is 37.8 Å². The van der Waals surface area contributed by atoms with E-state index in [1.165, 1.54) is 0 Å². The van der Waals surface area contributed by atoms with Crippen LogP contribution in [0.5, 0.6) is 5.75 Å². The van der Waals surface area contributed by atoms with Crippen molar-refractivity contribution in [1.29, 1.82) is 0 Å². The zero-order valence-corrected chi connectivity index (χ0v) is 14.2. The predicted octanol–water partition coefficient (Wildman–Crippen LogP) is 3.70. The van der Waals surface area contributed by atoms with Crippen molar-refractivity contribution in [2.45, 2.75) is 19.4 Å². The Hall–Kier alpha value is -0.550. The third-order valence-corrected chi connectivity index (χ3v) is 5.06. The van der Waals surface area contributed by atoms with Crippen LogP contribution in [0.2, 0.25) is 0 Å². The molecule has 0 bridgehead atoms. The molecule has 1 fully saturated rings. The summed E-state index contributed by atoms with van der Waals surface area (Å²) in [6.07, 6.45) is 1.06. The van der Waals surface area contributed by atoms with E-state index < -0.39 is 0 Å². The number of rotatable bonds is 3. The molecular formula is C14H17Br2NO2. The number of nitrogens with zero attached hydrogens (tertiary/aromatic N) is 1. The number of alkyl halides is 1. The number of carbonyl (C=O) groups is 1. The van der Waals surface area contributed by atoms with Crippen LogP contribution < -0.4 is 4.74 Å². The minimum Gasteiger partial charge on any atom is -0.497 e. The lowest BCUT2D eigenvalue weighted by atomic mass is 10.0. The Bertz CT molecular complexity index is 479. The molecule has 0 saturated carbocycles.